The van der Waals surface area contributed by atoms with Gasteiger partial charge in [-0.3, -0.25) is 5.32 Å². The third-order valence-electron chi connectivity index (χ3n) is 5.64. The number of benzene rings is 1. The third-order valence-corrected chi connectivity index (χ3v) is 6.82. The van der Waals surface area contributed by atoms with Crippen molar-refractivity contribution >= 4 is 11.3 Å². The van der Waals surface area contributed by atoms with Crippen molar-refractivity contribution in [2.75, 3.05) is 0 Å². The first kappa shape index (κ1) is 17.1. The molecule has 4 nitrogen and oxygen atoms in total. The number of aromatic nitrogens is 2. The largest absolute Gasteiger partial charge is 0.444 e. The molecule has 0 bridgehead atoms. The second-order valence-electron chi connectivity index (χ2n) is 7.63. The van der Waals surface area contributed by atoms with Crippen molar-refractivity contribution in [3.8, 4) is 11.3 Å². The average Bonchev–Trinajstić information content (AvgIpc) is 3.25. The molecule has 1 N–H and O–H groups in total. The Morgan fingerprint density at radius 1 is 1.30 bits per heavy atom. The van der Waals surface area contributed by atoms with E-state index in [0.29, 0.717) is 18.0 Å². The molecule has 140 valence electrons. The van der Waals surface area contributed by atoms with E-state index < -0.39 is 0 Å². The van der Waals surface area contributed by atoms with Gasteiger partial charge in [0.05, 0.1) is 24.0 Å². The Bertz CT molecular complexity index is 971. The van der Waals surface area contributed by atoms with E-state index >= 15 is 0 Å². The van der Waals surface area contributed by atoms with Gasteiger partial charge in [-0.2, -0.15) is 0 Å². The van der Waals surface area contributed by atoms with Gasteiger partial charge in [0.15, 0.2) is 5.89 Å². The lowest BCUT2D eigenvalue weighted by molar-refractivity contribution is 0.177. The van der Waals surface area contributed by atoms with Gasteiger partial charge in [0, 0.05) is 16.4 Å². The molecular formula is C21H22FN3OS. The number of hydrogen-bond donors (Lipinski definition) is 1. The van der Waals surface area contributed by atoms with Crippen LogP contribution in [-0.2, 0) is 12.1 Å². The number of halogens is 1. The van der Waals surface area contributed by atoms with Gasteiger partial charge >= 0.3 is 0 Å². The Morgan fingerprint density at radius 2 is 2.11 bits per heavy atom. The molecule has 2 aliphatic carbocycles. The van der Waals surface area contributed by atoms with Gasteiger partial charge in [0.2, 0.25) is 0 Å². The van der Waals surface area contributed by atoms with E-state index in [9.17, 15) is 4.39 Å². The van der Waals surface area contributed by atoms with E-state index in [1.165, 1.54) is 25.3 Å². The standard InChI is InChI=1S/C21H22FN3OS/c1-13-18(16-5-2-3-6-17(16)22)25-20(27-13)21(9-4-10-21)24-12-15-11-23-19(26-15)14-7-8-14/h2-3,5-6,11,14,24H,4,7-10,12H2,1H3. The minimum absolute atomic E-state index is 0.133. The van der Waals surface area contributed by atoms with Crippen LogP contribution in [0.15, 0.2) is 34.9 Å². The number of aryl methyl sites for hydroxylation is 1. The van der Waals surface area contributed by atoms with Gasteiger partial charge in [-0.1, -0.05) is 12.1 Å². The van der Waals surface area contributed by atoms with Crippen molar-refractivity contribution in [1.82, 2.24) is 15.3 Å². The van der Waals surface area contributed by atoms with Crippen LogP contribution in [0.1, 0.15) is 59.6 Å². The summed E-state index contributed by atoms with van der Waals surface area (Å²) in [5, 5.41) is 4.71. The second-order valence-corrected chi connectivity index (χ2v) is 8.84. The molecule has 2 saturated carbocycles. The van der Waals surface area contributed by atoms with Gasteiger partial charge in [-0.05, 0) is 51.2 Å². The minimum Gasteiger partial charge on any atom is -0.444 e. The van der Waals surface area contributed by atoms with Gasteiger partial charge in [-0.15, -0.1) is 11.3 Å². The van der Waals surface area contributed by atoms with Gasteiger partial charge in [0.25, 0.3) is 0 Å². The molecule has 27 heavy (non-hydrogen) atoms. The second kappa shape index (κ2) is 6.53. The Kier molecular flexibility index (Phi) is 4.13. The Balaban J connectivity index is 1.38. The lowest BCUT2D eigenvalue weighted by atomic mass is 9.77. The number of thiazole rings is 1. The van der Waals surface area contributed by atoms with Crippen LogP contribution in [-0.4, -0.2) is 9.97 Å². The molecule has 6 heteroatoms. The molecule has 2 aliphatic rings. The van der Waals surface area contributed by atoms with Crippen molar-refractivity contribution in [3.05, 3.63) is 57.8 Å². The van der Waals surface area contributed by atoms with Crippen molar-refractivity contribution in [1.29, 1.82) is 0 Å². The topological polar surface area (TPSA) is 51.0 Å². The molecule has 0 unspecified atom stereocenters. The van der Waals surface area contributed by atoms with Crippen LogP contribution in [0, 0.1) is 12.7 Å². The predicted octanol–water partition coefficient (Wildman–Crippen LogP) is 5.29. The van der Waals surface area contributed by atoms with Gasteiger partial charge in [0.1, 0.15) is 16.6 Å². The highest BCUT2D eigenvalue weighted by atomic mass is 32.1. The van der Waals surface area contributed by atoms with Crippen molar-refractivity contribution in [3.63, 3.8) is 0 Å². The molecule has 2 aromatic heterocycles. The number of nitrogens with one attached hydrogen (secondary N) is 1. The molecule has 0 saturated heterocycles. The van der Waals surface area contributed by atoms with Crippen LogP contribution in [0.25, 0.3) is 11.3 Å². The Labute approximate surface area is 161 Å². The fraction of sp³-hybridized carbons (Fsp3) is 0.429. The highest BCUT2D eigenvalue weighted by molar-refractivity contribution is 7.12. The van der Waals surface area contributed by atoms with Crippen molar-refractivity contribution in [2.24, 2.45) is 0 Å². The molecule has 0 aliphatic heterocycles. The van der Waals surface area contributed by atoms with Crippen LogP contribution in [0.2, 0.25) is 0 Å². The summed E-state index contributed by atoms with van der Waals surface area (Å²) >= 11 is 1.67. The molecule has 2 heterocycles. The zero-order valence-corrected chi connectivity index (χ0v) is 16.1. The van der Waals surface area contributed by atoms with Crippen LogP contribution < -0.4 is 5.32 Å². The number of oxazole rings is 1. The smallest absolute Gasteiger partial charge is 0.197 e. The summed E-state index contributed by atoms with van der Waals surface area (Å²) in [6.07, 6.45) is 7.47. The van der Waals surface area contributed by atoms with E-state index in [4.69, 9.17) is 9.40 Å². The minimum atomic E-state index is -0.220. The summed E-state index contributed by atoms with van der Waals surface area (Å²) in [6, 6.07) is 6.86. The van der Waals surface area contributed by atoms with Crippen molar-refractivity contribution in [2.45, 2.75) is 57.0 Å². The van der Waals surface area contributed by atoms with Crippen molar-refractivity contribution < 1.29 is 8.81 Å². The predicted molar refractivity (Wildman–Crippen MR) is 103 cm³/mol. The van der Waals surface area contributed by atoms with Gasteiger partial charge < -0.3 is 4.42 Å². The summed E-state index contributed by atoms with van der Waals surface area (Å²) in [6.45, 7) is 2.67. The number of hydrogen-bond acceptors (Lipinski definition) is 5. The number of rotatable bonds is 6. The molecule has 1 aromatic carbocycles. The van der Waals surface area contributed by atoms with Crippen LogP contribution >= 0.6 is 11.3 Å². The Hall–Kier alpha value is -2.05. The Morgan fingerprint density at radius 3 is 2.81 bits per heavy atom. The van der Waals surface area contributed by atoms with Crippen LogP contribution in [0.4, 0.5) is 4.39 Å². The fourth-order valence-electron chi connectivity index (χ4n) is 3.68. The summed E-state index contributed by atoms with van der Waals surface area (Å²) in [5.74, 6) is 2.07. The highest BCUT2D eigenvalue weighted by Crippen LogP contribution is 2.45. The molecule has 0 spiro atoms. The fourth-order valence-corrected chi connectivity index (χ4v) is 4.83. The molecule has 0 atom stereocenters. The van der Waals surface area contributed by atoms with E-state index in [1.54, 1.807) is 23.5 Å². The maximum Gasteiger partial charge on any atom is 0.197 e. The van der Waals surface area contributed by atoms with Crippen LogP contribution in [0.5, 0.6) is 0 Å². The first-order valence-electron chi connectivity index (χ1n) is 9.57. The summed E-state index contributed by atoms with van der Waals surface area (Å²) in [4.78, 5) is 10.3. The molecular weight excluding hydrogens is 361 g/mol. The van der Waals surface area contributed by atoms with E-state index in [0.717, 1.165) is 40.1 Å². The quantitative estimate of drug-likeness (QED) is 0.628. The first-order valence-corrected chi connectivity index (χ1v) is 10.4. The lowest BCUT2D eigenvalue weighted by Crippen LogP contribution is -2.47. The van der Waals surface area contributed by atoms with Crippen LogP contribution in [0.3, 0.4) is 0 Å². The summed E-state index contributed by atoms with van der Waals surface area (Å²) in [5.41, 5.74) is 1.21. The SMILES string of the molecule is Cc1sc(C2(NCc3cnc(C4CC4)o3)CCC2)nc1-c1ccccc1F. The zero-order valence-electron chi connectivity index (χ0n) is 15.3. The molecule has 0 radical (unpaired) electrons. The van der Waals surface area contributed by atoms with E-state index in [2.05, 4.69) is 10.3 Å². The molecule has 3 aromatic rings. The molecule has 2 fully saturated rings. The summed E-state index contributed by atoms with van der Waals surface area (Å²) in [7, 11) is 0. The highest BCUT2D eigenvalue weighted by Gasteiger charge is 2.41. The monoisotopic (exact) mass is 383 g/mol. The maximum atomic E-state index is 14.2. The summed E-state index contributed by atoms with van der Waals surface area (Å²) < 4.78 is 20.1. The third kappa shape index (κ3) is 3.11. The van der Waals surface area contributed by atoms with E-state index in [1.807, 2.05) is 19.2 Å². The molecule has 5 rings (SSSR count). The van der Waals surface area contributed by atoms with E-state index in [-0.39, 0.29) is 11.4 Å². The zero-order chi connectivity index (χ0) is 18.4. The number of nitrogens with zero attached hydrogens (tertiary/aromatic N) is 2. The first-order chi connectivity index (χ1) is 13.1. The lowest BCUT2D eigenvalue weighted by Gasteiger charge is -2.41. The molecule has 0 amide bonds. The average molecular weight is 383 g/mol. The maximum absolute atomic E-state index is 14.2. The van der Waals surface area contributed by atoms with Gasteiger partial charge in [-0.25, -0.2) is 14.4 Å². The normalized spacial score (nSPS) is 18.4.